The summed E-state index contributed by atoms with van der Waals surface area (Å²) >= 11 is 0. The molecule has 1 fully saturated rings. The molecule has 0 saturated carbocycles. The molecule has 2 aromatic rings. The first-order valence-corrected chi connectivity index (χ1v) is 10.3. The van der Waals surface area contributed by atoms with Gasteiger partial charge in [0, 0.05) is 39.3 Å². The van der Waals surface area contributed by atoms with Crippen molar-refractivity contribution in [3.05, 3.63) is 30.1 Å². The average molecular weight is 498 g/mol. The number of nitrogens with zero attached hydrogens (tertiary/aromatic N) is 4. The first-order chi connectivity index (χ1) is 13.2. The van der Waals surface area contributed by atoms with Crippen LogP contribution in [-0.4, -0.2) is 59.7 Å². The number of aromatic nitrogens is 2. The maximum Gasteiger partial charge on any atom is 0.191 e. The Hall–Kier alpha value is -1.35. The second-order valence-electron chi connectivity index (χ2n) is 7.46. The zero-order chi connectivity index (χ0) is 19.1. The Bertz CT molecular complexity index is 756. The molecule has 6 nitrogen and oxygen atoms in total. The van der Waals surface area contributed by atoms with Gasteiger partial charge in [-0.1, -0.05) is 18.6 Å². The quantitative estimate of drug-likeness (QED) is 0.266. The number of benzene rings is 1. The third-order valence-electron chi connectivity index (χ3n) is 5.55. The summed E-state index contributed by atoms with van der Waals surface area (Å²) in [7, 11) is 1.84. The number of fused-ring (bicyclic) bond motifs is 1. The highest BCUT2D eigenvalue weighted by Crippen LogP contribution is 2.16. The number of nitrogens with one attached hydrogen (secondary N) is 2. The molecule has 1 unspecified atom stereocenters. The van der Waals surface area contributed by atoms with Gasteiger partial charge in [0.1, 0.15) is 5.82 Å². The highest BCUT2D eigenvalue weighted by Gasteiger charge is 2.17. The smallest absolute Gasteiger partial charge is 0.191 e. The molecule has 7 heteroatoms. The Morgan fingerprint density at radius 2 is 1.96 bits per heavy atom. The van der Waals surface area contributed by atoms with Gasteiger partial charge in [0.2, 0.25) is 0 Å². The number of aryl methyl sites for hydroxylation is 2. The van der Waals surface area contributed by atoms with E-state index in [9.17, 15) is 0 Å². The number of hydrogen-bond donors (Lipinski definition) is 2. The number of guanidine groups is 1. The second kappa shape index (κ2) is 11.6. The molecule has 2 N–H and O–H groups in total. The zero-order valence-electron chi connectivity index (χ0n) is 17.4. The fourth-order valence-corrected chi connectivity index (χ4v) is 3.95. The maximum atomic E-state index is 4.64. The lowest BCUT2D eigenvalue weighted by molar-refractivity contribution is 0.163. The third-order valence-corrected chi connectivity index (χ3v) is 5.55. The van der Waals surface area contributed by atoms with Crippen molar-refractivity contribution in [2.45, 2.75) is 52.1 Å². The summed E-state index contributed by atoms with van der Waals surface area (Å²) < 4.78 is 2.30. The summed E-state index contributed by atoms with van der Waals surface area (Å²) in [5.41, 5.74) is 2.29. The van der Waals surface area contributed by atoms with Crippen molar-refractivity contribution >= 4 is 41.0 Å². The molecule has 1 aromatic carbocycles. The lowest BCUT2D eigenvalue weighted by Gasteiger charge is -2.33. The molecule has 0 spiro atoms. The molecule has 3 rings (SSSR count). The van der Waals surface area contributed by atoms with E-state index in [2.05, 4.69) is 62.1 Å². The van der Waals surface area contributed by atoms with Crippen molar-refractivity contribution in [2.24, 2.45) is 4.99 Å². The molecule has 156 valence electrons. The molecule has 2 heterocycles. The first-order valence-electron chi connectivity index (χ1n) is 10.3. The Kier molecular flexibility index (Phi) is 9.50. The molecule has 0 aliphatic carbocycles. The number of para-hydroxylation sites is 2. The lowest BCUT2D eigenvalue weighted by atomic mass is 10.0. The molecule has 1 aliphatic rings. The van der Waals surface area contributed by atoms with E-state index >= 15 is 0 Å². The number of likely N-dealkylation sites (tertiary alicyclic amines) is 1. The van der Waals surface area contributed by atoms with Crippen LogP contribution in [0.5, 0.6) is 0 Å². The standard InChI is InChI=1S/C21H34N6.HI/c1-17-9-6-7-14-26(17)16-13-24-21(22-3)23-12-8-15-27-18(2)25-19-10-4-5-11-20(19)27;/h4-5,10-11,17H,6-9,12-16H2,1-3H3,(H2,22,23,24);1H. The van der Waals surface area contributed by atoms with Gasteiger partial charge in [-0.25, -0.2) is 4.98 Å². The van der Waals surface area contributed by atoms with E-state index in [1.54, 1.807) is 0 Å². The summed E-state index contributed by atoms with van der Waals surface area (Å²) in [6.07, 6.45) is 5.07. The lowest BCUT2D eigenvalue weighted by Crippen LogP contribution is -2.45. The Labute approximate surface area is 186 Å². The van der Waals surface area contributed by atoms with Crippen LogP contribution in [0, 0.1) is 6.92 Å². The van der Waals surface area contributed by atoms with Crippen molar-refractivity contribution in [2.75, 3.05) is 33.2 Å². The van der Waals surface area contributed by atoms with E-state index in [0.717, 1.165) is 49.9 Å². The fourth-order valence-electron chi connectivity index (χ4n) is 3.95. The summed E-state index contributed by atoms with van der Waals surface area (Å²) in [6.45, 7) is 9.53. The molecule has 1 atom stereocenters. The average Bonchev–Trinajstić information content (AvgIpc) is 3.00. The van der Waals surface area contributed by atoms with Gasteiger partial charge in [0.25, 0.3) is 0 Å². The molecule has 1 aliphatic heterocycles. The summed E-state index contributed by atoms with van der Waals surface area (Å²) in [5, 5.41) is 6.88. The number of halogens is 1. The highest BCUT2D eigenvalue weighted by molar-refractivity contribution is 14.0. The van der Waals surface area contributed by atoms with Crippen LogP contribution in [0.25, 0.3) is 11.0 Å². The molecule has 1 aromatic heterocycles. The molecular weight excluding hydrogens is 463 g/mol. The number of imidazole rings is 1. The molecular formula is C21H35IN6. The van der Waals surface area contributed by atoms with Crippen LogP contribution in [0.15, 0.2) is 29.3 Å². The van der Waals surface area contributed by atoms with Crippen LogP contribution in [0.3, 0.4) is 0 Å². The second-order valence-corrected chi connectivity index (χ2v) is 7.46. The van der Waals surface area contributed by atoms with Crippen molar-refractivity contribution in [3.8, 4) is 0 Å². The van der Waals surface area contributed by atoms with Gasteiger partial charge in [-0.3, -0.25) is 9.89 Å². The van der Waals surface area contributed by atoms with E-state index in [4.69, 9.17) is 0 Å². The SMILES string of the molecule is CN=C(NCCCn1c(C)nc2ccccc21)NCCN1CCCCC1C.I. The topological polar surface area (TPSA) is 57.5 Å². The Balaban J connectivity index is 0.00000280. The molecule has 0 bridgehead atoms. The van der Waals surface area contributed by atoms with Crippen LogP contribution in [-0.2, 0) is 6.54 Å². The Morgan fingerprint density at radius 3 is 2.75 bits per heavy atom. The highest BCUT2D eigenvalue weighted by atomic mass is 127. The Morgan fingerprint density at radius 1 is 1.18 bits per heavy atom. The van der Waals surface area contributed by atoms with Crippen LogP contribution in [0.4, 0.5) is 0 Å². The molecule has 0 radical (unpaired) electrons. The van der Waals surface area contributed by atoms with Crippen LogP contribution < -0.4 is 10.6 Å². The van der Waals surface area contributed by atoms with E-state index < -0.39 is 0 Å². The van der Waals surface area contributed by atoms with Crippen molar-refractivity contribution < 1.29 is 0 Å². The largest absolute Gasteiger partial charge is 0.356 e. The predicted molar refractivity (Wildman–Crippen MR) is 129 cm³/mol. The molecule has 0 amide bonds. The fraction of sp³-hybridized carbons (Fsp3) is 0.619. The van der Waals surface area contributed by atoms with Gasteiger partial charge in [-0.15, -0.1) is 24.0 Å². The number of aliphatic imine (C=N–C) groups is 1. The predicted octanol–water partition coefficient (Wildman–Crippen LogP) is 3.39. The van der Waals surface area contributed by atoms with Gasteiger partial charge in [0.05, 0.1) is 11.0 Å². The summed E-state index contributed by atoms with van der Waals surface area (Å²) in [6, 6.07) is 9.05. The van der Waals surface area contributed by atoms with Crippen LogP contribution >= 0.6 is 24.0 Å². The minimum Gasteiger partial charge on any atom is -0.356 e. The molecule has 28 heavy (non-hydrogen) atoms. The summed E-state index contributed by atoms with van der Waals surface area (Å²) in [4.78, 5) is 11.6. The zero-order valence-corrected chi connectivity index (χ0v) is 19.8. The minimum absolute atomic E-state index is 0. The maximum absolute atomic E-state index is 4.64. The normalized spacial score (nSPS) is 18.1. The van der Waals surface area contributed by atoms with Crippen LogP contribution in [0.2, 0.25) is 0 Å². The van der Waals surface area contributed by atoms with E-state index in [1.807, 2.05) is 13.1 Å². The third kappa shape index (κ3) is 6.07. The van der Waals surface area contributed by atoms with Crippen molar-refractivity contribution in [1.29, 1.82) is 0 Å². The van der Waals surface area contributed by atoms with Gasteiger partial charge in [-0.05, 0) is 51.8 Å². The van der Waals surface area contributed by atoms with Gasteiger partial charge in [0.15, 0.2) is 5.96 Å². The first kappa shape index (κ1) is 22.9. The molecule has 1 saturated heterocycles. The van der Waals surface area contributed by atoms with E-state index in [-0.39, 0.29) is 24.0 Å². The van der Waals surface area contributed by atoms with E-state index in [0.29, 0.717) is 6.04 Å². The van der Waals surface area contributed by atoms with E-state index in [1.165, 1.54) is 31.3 Å². The van der Waals surface area contributed by atoms with Crippen molar-refractivity contribution in [3.63, 3.8) is 0 Å². The number of hydrogen-bond acceptors (Lipinski definition) is 3. The number of rotatable bonds is 7. The monoisotopic (exact) mass is 498 g/mol. The van der Waals surface area contributed by atoms with Gasteiger partial charge < -0.3 is 15.2 Å². The number of piperidine rings is 1. The van der Waals surface area contributed by atoms with Crippen LogP contribution in [0.1, 0.15) is 38.4 Å². The van der Waals surface area contributed by atoms with Gasteiger partial charge >= 0.3 is 0 Å². The van der Waals surface area contributed by atoms with Gasteiger partial charge in [-0.2, -0.15) is 0 Å². The van der Waals surface area contributed by atoms with Crippen molar-refractivity contribution in [1.82, 2.24) is 25.1 Å². The minimum atomic E-state index is 0. The summed E-state index contributed by atoms with van der Waals surface area (Å²) in [5.74, 6) is 1.97.